The van der Waals surface area contributed by atoms with E-state index in [1.807, 2.05) is 103 Å². The van der Waals surface area contributed by atoms with Crippen LogP contribution >= 0.6 is 0 Å². The van der Waals surface area contributed by atoms with E-state index in [-0.39, 0.29) is 22.8 Å². The molecule has 0 saturated carbocycles. The molecular formula is C31H20N2O2. The molecule has 0 aliphatic carbocycles. The fourth-order valence-corrected chi connectivity index (χ4v) is 4.37. The molecule has 0 unspecified atom stereocenters. The van der Waals surface area contributed by atoms with Crippen molar-refractivity contribution in [2.45, 2.75) is 0 Å². The molecule has 5 aromatic carbocycles. The van der Waals surface area contributed by atoms with Gasteiger partial charge in [0.15, 0.2) is 5.78 Å². The van der Waals surface area contributed by atoms with Gasteiger partial charge >= 0.3 is 0 Å². The molecule has 0 N–H and O–H groups in total. The molecule has 1 heterocycles. The average molecular weight is 453 g/mol. The molecular weight excluding hydrogens is 432 g/mol. The highest BCUT2D eigenvalue weighted by Gasteiger charge is 2.25. The van der Waals surface area contributed by atoms with E-state index in [4.69, 9.17) is 0 Å². The minimum atomic E-state index is -0.283. The summed E-state index contributed by atoms with van der Waals surface area (Å²) in [5.74, 6) is -0.517. The summed E-state index contributed by atoms with van der Waals surface area (Å²) in [5.41, 5.74) is 2.21. The molecule has 0 aliphatic rings. The quantitative estimate of drug-likeness (QED) is 0.276. The van der Waals surface area contributed by atoms with Crippen molar-refractivity contribution in [3.05, 3.63) is 144 Å². The fraction of sp³-hybridized carbons (Fsp3) is 0. The third-order valence-corrected chi connectivity index (χ3v) is 6.22. The van der Waals surface area contributed by atoms with Gasteiger partial charge < -0.3 is 0 Å². The molecule has 166 valence electrons. The largest absolute Gasteiger partial charge is 0.288 e. The highest BCUT2D eigenvalue weighted by Crippen LogP contribution is 2.24. The van der Waals surface area contributed by atoms with Crippen molar-refractivity contribution in [1.29, 1.82) is 0 Å². The predicted octanol–water partition coefficient (Wildman–Crippen LogP) is 6.64. The minimum absolute atomic E-state index is 0.141. The molecule has 0 amide bonds. The second kappa shape index (κ2) is 8.50. The summed E-state index contributed by atoms with van der Waals surface area (Å²) >= 11 is 0. The van der Waals surface area contributed by atoms with Crippen molar-refractivity contribution >= 4 is 33.1 Å². The van der Waals surface area contributed by atoms with Crippen LogP contribution in [0.4, 0.5) is 0 Å². The van der Waals surface area contributed by atoms with Gasteiger partial charge in [-0.15, -0.1) is 0 Å². The van der Waals surface area contributed by atoms with E-state index in [2.05, 4.69) is 5.10 Å². The SMILES string of the molecule is O=C(c1ccc2ccccc2c1)c1cn(-c2ccccc2)nc1C(=O)c1ccc2ccccc2c1. The molecule has 4 nitrogen and oxygen atoms in total. The van der Waals surface area contributed by atoms with Crippen LogP contribution < -0.4 is 0 Å². The topological polar surface area (TPSA) is 52.0 Å². The van der Waals surface area contributed by atoms with Crippen LogP contribution in [0.3, 0.4) is 0 Å². The van der Waals surface area contributed by atoms with Gasteiger partial charge in [0.25, 0.3) is 0 Å². The molecule has 6 rings (SSSR count). The van der Waals surface area contributed by atoms with E-state index >= 15 is 0 Å². The van der Waals surface area contributed by atoms with Gasteiger partial charge in [0, 0.05) is 17.3 Å². The molecule has 0 bridgehead atoms. The predicted molar refractivity (Wildman–Crippen MR) is 138 cm³/mol. The van der Waals surface area contributed by atoms with Gasteiger partial charge in [-0.1, -0.05) is 91.0 Å². The Hall–Kier alpha value is -4.83. The summed E-state index contributed by atoms with van der Waals surface area (Å²) in [6.07, 6.45) is 1.65. The Labute approximate surface area is 202 Å². The van der Waals surface area contributed by atoms with E-state index in [1.54, 1.807) is 23.0 Å². The molecule has 0 atom stereocenters. The van der Waals surface area contributed by atoms with Gasteiger partial charge in [-0.3, -0.25) is 9.59 Å². The van der Waals surface area contributed by atoms with Crippen LogP contribution in [-0.4, -0.2) is 21.3 Å². The number of carbonyl (C=O) groups is 2. The average Bonchev–Trinajstić information content (AvgIpc) is 3.38. The Kier molecular flexibility index (Phi) is 5.04. The number of para-hydroxylation sites is 1. The van der Waals surface area contributed by atoms with Gasteiger partial charge in [-0.2, -0.15) is 5.10 Å². The van der Waals surface area contributed by atoms with Crippen LogP contribution in [0.1, 0.15) is 32.0 Å². The monoisotopic (exact) mass is 452 g/mol. The fourth-order valence-electron chi connectivity index (χ4n) is 4.37. The zero-order valence-electron chi connectivity index (χ0n) is 18.8. The Morgan fingerprint density at radius 3 is 1.66 bits per heavy atom. The lowest BCUT2D eigenvalue weighted by Gasteiger charge is -2.05. The zero-order chi connectivity index (χ0) is 23.8. The summed E-state index contributed by atoms with van der Waals surface area (Å²) < 4.78 is 1.60. The summed E-state index contributed by atoms with van der Waals surface area (Å²) in [6.45, 7) is 0. The van der Waals surface area contributed by atoms with Crippen LogP contribution in [-0.2, 0) is 0 Å². The molecule has 0 spiro atoms. The summed E-state index contributed by atoms with van der Waals surface area (Å²) in [5, 5.41) is 8.62. The number of aromatic nitrogens is 2. The zero-order valence-corrected chi connectivity index (χ0v) is 18.8. The second-order valence-electron chi connectivity index (χ2n) is 8.45. The highest BCUT2D eigenvalue weighted by molar-refractivity contribution is 6.19. The number of nitrogens with zero attached hydrogens (tertiary/aromatic N) is 2. The van der Waals surface area contributed by atoms with E-state index in [0.717, 1.165) is 27.2 Å². The number of fused-ring (bicyclic) bond motifs is 2. The lowest BCUT2D eigenvalue weighted by Crippen LogP contribution is -2.10. The smallest absolute Gasteiger partial charge is 0.214 e. The summed E-state index contributed by atoms with van der Waals surface area (Å²) in [7, 11) is 0. The number of ketones is 2. The maximum Gasteiger partial charge on any atom is 0.214 e. The first-order valence-corrected chi connectivity index (χ1v) is 11.4. The number of carbonyl (C=O) groups excluding carboxylic acids is 2. The number of hydrogen-bond donors (Lipinski definition) is 0. The standard InChI is InChI=1S/C31H20N2O2/c34-30(25-16-14-21-8-4-6-10-23(21)18-25)28-20-33(27-12-2-1-3-13-27)32-29(28)31(35)26-17-15-22-9-5-7-11-24(22)19-26/h1-20H. The molecule has 0 fully saturated rings. The van der Waals surface area contributed by atoms with Crippen LogP contribution in [0.2, 0.25) is 0 Å². The van der Waals surface area contributed by atoms with Crippen LogP contribution in [0.15, 0.2) is 121 Å². The van der Waals surface area contributed by atoms with Crippen LogP contribution in [0, 0.1) is 0 Å². The first-order chi connectivity index (χ1) is 17.2. The highest BCUT2D eigenvalue weighted by atomic mass is 16.1. The van der Waals surface area contributed by atoms with Crippen molar-refractivity contribution < 1.29 is 9.59 Å². The van der Waals surface area contributed by atoms with E-state index in [0.29, 0.717) is 11.1 Å². The first-order valence-electron chi connectivity index (χ1n) is 11.4. The summed E-state index contributed by atoms with van der Waals surface area (Å²) in [6, 6.07) is 36.4. The summed E-state index contributed by atoms with van der Waals surface area (Å²) in [4.78, 5) is 27.4. The van der Waals surface area contributed by atoms with Crippen LogP contribution in [0.25, 0.3) is 27.2 Å². The van der Waals surface area contributed by atoms with Gasteiger partial charge in [0.1, 0.15) is 5.69 Å². The van der Waals surface area contributed by atoms with Crippen molar-refractivity contribution in [2.75, 3.05) is 0 Å². The third kappa shape index (κ3) is 3.81. The third-order valence-electron chi connectivity index (χ3n) is 6.22. The molecule has 35 heavy (non-hydrogen) atoms. The minimum Gasteiger partial charge on any atom is -0.288 e. The van der Waals surface area contributed by atoms with Crippen molar-refractivity contribution in [3.8, 4) is 5.69 Å². The lowest BCUT2D eigenvalue weighted by atomic mass is 9.96. The molecule has 0 saturated heterocycles. The maximum atomic E-state index is 13.7. The van der Waals surface area contributed by atoms with E-state index in [1.165, 1.54) is 0 Å². The second-order valence-corrected chi connectivity index (χ2v) is 8.45. The van der Waals surface area contributed by atoms with Crippen molar-refractivity contribution in [3.63, 3.8) is 0 Å². The van der Waals surface area contributed by atoms with E-state index < -0.39 is 0 Å². The number of rotatable bonds is 5. The lowest BCUT2D eigenvalue weighted by molar-refractivity contribution is 0.100. The van der Waals surface area contributed by atoms with Gasteiger partial charge in [-0.25, -0.2) is 4.68 Å². The van der Waals surface area contributed by atoms with Gasteiger partial charge in [0.05, 0.1) is 11.3 Å². The first kappa shape index (κ1) is 20.8. The number of benzene rings is 5. The molecule has 6 aromatic rings. The Morgan fingerprint density at radius 1 is 0.543 bits per heavy atom. The Morgan fingerprint density at radius 2 is 1.06 bits per heavy atom. The Bertz CT molecular complexity index is 1620. The Balaban J connectivity index is 1.48. The maximum absolute atomic E-state index is 13.7. The van der Waals surface area contributed by atoms with Gasteiger partial charge in [-0.05, 0) is 45.8 Å². The normalized spacial score (nSPS) is 11.1. The molecule has 0 aliphatic heterocycles. The van der Waals surface area contributed by atoms with Crippen molar-refractivity contribution in [1.82, 2.24) is 9.78 Å². The van der Waals surface area contributed by atoms with E-state index in [9.17, 15) is 9.59 Å². The number of hydrogen-bond acceptors (Lipinski definition) is 3. The molecule has 1 aromatic heterocycles. The van der Waals surface area contributed by atoms with Crippen molar-refractivity contribution in [2.24, 2.45) is 0 Å². The van der Waals surface area contributed by atoms with Gasteiger partial charge in [0.2, 0.25) is 5.78 Å². The molecule has 4 heteroatoms. The molecule has 0 radical (unpaired) electrons. The van der Waals surface area contributed by atoms with Crippen LogP contribution in [0.5, 0.6) is 0 Å².